The molecule has 3 aliphatic heterocycles. The third-order valence-electron chi connectivity index (χ3n) is 15.7. The van der Waals surface area contributed by atoms with Crippen molar-refractivity contribution >= 4 is 47.2 Å². The number of fused-ring (bicyclic) bond motifs is 2. The molecule has 7 amide bonds. The van der Waals surface area contributed by atoms with E-state index in [0.717, 1.165) is 61.4 Å². The Labute approximate surface area is 498 Å². The first kappa shape index (κ1) is 72.0. The second kappa shape index (κ2) is 35.4. The Morgan fingerprint density at radius 3 is 2.00 bits per heavy atom. The summed E-state index contributed by atoms with van der Waals surface area (Å²) in [6.07, 6.45) is -6.08. The highest BCUT2D eigenvalue weighted by Gasteiger charge is 2.49. The highest BCUT2D eigenvalue weighted by molar-refractivity contribution is 5.98. The maximum absolute atomic E-state index is 14.6. The molecule has 1 aromatic heterocycles. The van der Waals surface area contributed by atoms with Crippen LogP contribution < -0.4 is 54.8 Å². The minimum absolute atomic E-state index is 0.0257. The van der Waals surface area contributed by atoms with Gasteiger partial charge in [0.05, 0.1) is 30.5 Å². The summed E-state index contributed by atoms with van der Waals surface area (Å²) in [5, 5.41) is 104. The normalized spacial score (nSPS) is 26.6. The summed E-state index contributed by atoms with van der Waals surface area (Å²) >= 11 is 0. The van der Waals surface area contributed by atoms with Gasteiger partial charge in [-0.2, -0.15) is 4.98 Å². The molecular weight excluding hydrogens is 1130 g/mol. The number of benzene rings is 1. The molecule has 16 atom stereocenters. The van der Waals surface area contributed by atoms with Crippen LogP contribution in [0.2, 0.25) is 0 Å². The fourth-order valence-electron chi connectivity index (χ4n) is 10.6. The van der Waals surface area contributed by atoms with E-state index in [2.05, 4.69) is 57.7 Å². The molecule has 0 aliphatic carbocycles. The van der Waals surface area contributed by atoms with Crippen molar-refractivity contribution in [3.63, 3.8) is 0 Å². The average molecular weight is 1220 g/mol. The SMILES string of the molecule is CCC(C)CC(C)CCCCCCCCC(=O)N[C@H]1C[C@@H](O)[C@H](NCCN)NC(=O)[C@@H]2[C@@H](O)CCN2C(=O)[C@H]([C@@H](O)CCN)NC(=O)[C@H]([C@H](O)[C@@H](O)c2ccc(O)cc2)NC(=O)[C@@H]2C[C@@H](O)CN2C(=O)[C@H]([C@@H](C)O)NC1=O.Nc1nc(=O)[nH]cc1F. The number of nitrogen functional groups attached to an aromatic ring is 1. The molecule has 30 heteroatoms. The van der Waals surface area contributed by atoms with Crippen LogP contribution in [0.1, 0.15) is 129 Å². The lowest BCUT2D eigenvalue weighted by Gasteiger charge is -2.35. The van der Waals surface area contributed by atoms with Crippen LogP contribution in [0.25, 0.3) is 0 Å². The summed E-state index contributed by atoms with van der Waals surface area (Å²) in [4.78, 5) is 117. The topological polar surface area (TPSA) is 484 Å². The number of hydrogen-bond donors (Lipinski definition) is 18. The number of aromatic amines is 1. The molecule has 21 N–H and O–H groups in total. The van der Waals surface area contributed by atoms with Crippen molar-refractivity contribution in [3.8, 4) is 5.75 Å². The molecule has 3 aliphatic rings. The zero-order valence-corrected chi connectivity index (χ0v) is 49.4. The number of carbonyl (C=O) groups excluding carboxylic acids is 7. The van der Waals surface area contributed by atoms with Gasteiger partial charge in [-0.15, -0.1) is 0 Å². The molecule has 484 valence electrons. The van der Waals surface area contributed by atoms with Crippen LogP contribution >= 0.6 is 0 Å². The summed E-state index contributed by atoms with van der Waals surface area (Å²) < 4.78 is 12.1. The fourth-order valence-corrected chi connectivity index (χ4v) is 10.6. The first-order chi connectivity index (χ1) is 40.7. The Balaban J connectivity index is 0.00000160. The molecule has 1 aromatic carbocycles. The van der Waals surface area contributed by atoms with E-state index in [-0.39, 0.29) is 62.6 Å². The third kappa shape index (κ3) is 21.4. The van der Waals surface area contributed by atoms with Gasteiger partial charge in [0.15, 0.2) is 11.6 Å². The van der Waals surface area contributed by atoms with Crippen molar-refractivity contribution in [1.29, 1.82) is 0 Å². The minimum Gasteiger partial charge on any atom is -0.508 e. The smallest absolute Gasteiger partial charge is 0.347 e. The van der Waals surface area contributed by atoms with Crippen molar-refractivity contribution in [3.05, 3.63) is 52.3 Å². The summed E-state index contributed by atoms with van der Waals surface area (Å²) in [7, 11) is 0. The number of phenolic OH excluding ortho intramolecular Hbond substituents is 1. The summed E-state index contributed by atoms with van der Waals surface area (Å²) in [5.74, 6) is -7.52. The van der Waals surface area contributed by atoms with Crippen LogP contribution in [0, 0.1) is 17.7 Å². The molecular formula is C56H92FN13O16. The van der Waals surface area contributed by atoms with E-state index in [0.29, 0.717) is 24.7 Å². The predicted octanol–water partition coefficient (Wildman–Crippen LogP) is -3.82. The lowest BCUT2D eigenvalue weighted by atomic mass is 9.91. The average Bonchev–Trinajstić information content (AvgIpc) is 2.34. The van der Waals surface area contributed by atoms with E-state index in [4.69, 9.17) is 17.2 Å². The van der Waals surface area contributed by atoms with E-state index < -0.39 is 157 Å². The second-order valence-electron chi connectivity index (χ2n) is 22.7. The number of aliphatic hydroxyl groups excluding tert-OH is 7. The number of carbonyl (C=O) groups is 7. The number of nitrogens with zero attached hydrogens (tertiary/aromatic N) is 3. The number of anilines is 1. The maximum Gasteiger partial charge on any atom is 0.347 e. The van der Waals surface area contributed by atoms with Crippen molar-refractivity contribution in [2.24, 2.45) is 23.3 Å². The number of halogens is 1. The van der Waals surface area contributed by atoms with Crippen molar-refractivity contribution in [2.45, 2.75) is 203 Å². The van der Waals surface area contributed by atoms with E-state index in [1.165, 1.54) is 30.7 Å². The van der Waals surface area contributed by atoms with Gasteiger partial charge in [0.1, 0.15) is 60.4 Å². The van der Waals surface area contributed by atoms with Gasteiger partial charge >= 0.3 is 5.69 Å². The van der Waals surface area contributed by atoms with Crippen LogP contribution in [0.4, 0.5) is 10.2 Å². The van der Waals surface area contributed by atoms with Gasteiger partial charge in [-0.3, -0.25) is 38.9 Å². The Morgan fingerprint density at radius 2 is 1.38 bits per heavy atom. The van der Waals surface area contributed by atoms with Crippen LogP contribution in [0.5, 0.6) is 5.75 Å². The molecule has 29 nitrogen and oxygen atoms in total. The number of nitrogens with one attached hydrogen (secondary N) is 7. The number of unbranched alkanes of at least 4 members (excludes halogenated alkanes) is 5. The number of hydrogen-bond acceptors (Lipinski definition) is 21. The molecule has 2 unspecified atom stereocenters. The van der Waals surface area contributed by atoms with Gasteiger partial charge in [-0.05, 0) is 68.7 Å². The van der Waals surface area contributed by atoms with Gasteiger partial charge < -0.3 is 99.4 Å². The van der Waals surface area contributed by atoms with Crippen LogP contribution in [-0.4, -0.2) is 214 Å². The van der Waals surface area contributed by atoms with E-state index in [1.54, 1.807) is 0 Å². The number of aromatic hydroxyl groups is 1. The Kier molecular flexibility index (Phi) is 29.6. The monoisotopic (exact) mass is 1220 g/mol. The zero-order valence-electron chi connectivity index (χ0n) is 49.4. The molecule has 2 aromatic rings. The van der Waals surface area contributed by atoms with Gasteiger partial charge in [0.2, 0.25) is 41.4 Å². The molecule has 3 fully saturated rings. The highest BCUT2D eigenvalue weighted by Crippen LogP contribution is 2.27. The van der Waals surface area contributed by atoms with Crippen molar-refractivity contribution in [2.75, 3.05) is 38.5 Å². The molecule has 0 spiro atoms. The molecule has 5 rings (SSSR count). The van der Waals surface area contributed by atoms with E-state index >= 15 is 0 Å². The first-order valence-corrected chi connectivity index (χ1v) is 29.5. The molecule has 86 heavy (non-hydrogen) atoms. The maximum atomic E-state index is 14.6. The largest absolute Gasteiger partial charge is 0.508 e. The quantitative estimate of drug-likeness (QED) is 0.0474. The standard InChI is InChI=1S/C52H88N10O15.C4H4FN3O/c1-5-28(2)24-29(3)12-10-8-6-7-9-11-13-39(69)56-34-26-38(68)46(55-22-21-54)60-50(75)43-37(67)19-23-61(43)52(77)41(36(66)18-20-53)58-49(74)42(45(71)44(70)31-14-16-32(64)17-15-31)59-48(73)35-25-33(65)27-62(35)51(76)40(30(4)63)57-47(34)72;5-2-1-7-4(9)8-3(2)6/h14-17,28-30,33-38,40-46,55,63-68,70-71H,5-13,18-27,53-54H2,1-4H3,(H,56,69)(H,57,72)(H,58,74)(H,59,73)(H,60,75);1H,(H3,6,7,8,9)/t28?,29?,30-,33-,34+,35+,36+,37+,38-,40+,41+,42+,43+,44+,45+,46-;/m1./s1. The molecule has 4 heterocycles. The van der Waals surface area contributed by atoms with Crippen molar-refractivity contribution < 1.29 is 78.8 Å². The second-order valence-corrected chi connectivity index (χ2v) is 22.7. The summed E-state index contributed by atoms with van der Waals surface area (Å²) in [6.45, 7) is 6.73. The van der Waals surface area contributed by atoms with Crippen LogP contribution in [0.3, 0.4) is 0 Å². The van der Waals surface area contributed by atoms with Gasteiger partial charge in [-0.25, -0.2) is 9.18 Å². The Bertz CT molecular complexity index is 2570. The van der Waals surface area contributed by atoms with Crippen LogP contribution in [0.15, 0.2) is 35.3 Å². The number of rotatable bonds is 23. The lowest BCUT2D eigenvalue weighted by Crippen LogP contribution is -2.65. The molecule has 3 saturated heterocycles. The highest BCUT2D eigenvalue weighted by atomic mass is 19.1. The van der Waals surface area contributed by atoms with Crippen LogP contribution in [-0.2, 0) is 33.6 Å². The van der Waals surface area contributed by atoms with Gasteiger partial charge in [0.25, 0.3) is 0 Å². The van der Waals surface area contributed by atoms with Crippen molar-refractivity contribution in [1.82, 2.24) is 51.7 Å². The summed E-state index contributed by atoms with van der Waals surface area (Å²) in [5.41, 5.74) is 15.8. The molecule has 0 saturated carbocycles. The number of nitrogens with two attached hydrogens (primary N) is 3. The zero-order chi connectivity index (χ0) is 63.9. The number of phenols is 1. The fraction of sp³-hybridized carbons (Fsp3) is 0.696. The number of amides is 7. The molecule has 0 bridgehead atoms. The minimum atomic E-state index is -2.28. The van der Waals surface area contributed by atoms with E-state index in [1.807, 2.05) is 4.98 Å². The van der Waals surface area contributed by atoms with Gasteiger partial charge in [-0.1, -0.05) is 77.8 Å². The summed E-state index contributed by atoms with van der Waals surface area (Å²) in [6, 6.07) is -6.40. The Morgan fingerprint density at radius 1 is 0.756 bits per heavy atom. The van der Waals surface area contributed by atoms with E-state index in [9.17, 15) is 83.6 Å². The predicted molar refractivity (Wildman–Crippen MR) is 309 cm³/mol. The first-order valence-electron chi connectivity index (χ1n) is 29.5. The third-order valence-corrected chi connectivity index (χ3v) is 15.7. The number of H-pyrrole nitrogens is 1. The Hall–Kier alpha value is -6.48. The lowest BCUT2D eigenvalue weighted by molar-refractivity contribution is -0.148. The number of aromatic nitrogens is 2. The molecule has 0 radical (unpaired) electrons. The van der Waals surface area contributed by atoms with Gasteiger partial charge in [0, 0.05) is 51.6 Å². The number of aliphatic hydroxyl groups is 7.